The van der Waals surface area contributed by atoms with E-state index in [1.807, 2.05) is 12.1 Å². The molecule has 8 nitrogen and oxygen atoms in total. The number of carbonyl (C=O) groups is 3. The molecule has 2 fully saturated rings. The molecule has 3 aromatic rings. The van der Waals surface area contributed by atoms with Gasteiger partial charge in [-0.1, -0.05) is 12.1 Å². The summed E-state index contributed by atoms with van der Waals surface area (Å²) in [7, 11) is 3.12. The van der Waals surface area contributed by atoms with Crippen LogP contribution in [0.25, 0.3) is 0 Å². The molecule has 1 aromatic heterocycles. The van der Waals surface area contributed by atoms with Crippen molar-refractivity contribution < 1.29 is 37.0 Å². The molecule has 2 atom stereocenters. The zero-order chi connectivity index (χ0) is 32.8. The van der Waals surface area contributed by atoms with Gasteiger partial charge in [-0.15, -0.1) is 0 Å². The zero-order valence-electron chi connectivity index (χ0n) is 26.0. The highest BCUT2D eigenvalue weighted by Crippen LogP contribution is 2.40. The monoisotopic (exact) mass is 637 g/mol. The van der Waals surface area contributed by atoms with Crippen molar-refractivity contribution in [1.29, 1.82) is 0 Å². The number of hydrogen-bond acceptors (Lipinski definition) is 7. The third-order valence-corrected chi connectivity index (χ3v) is 9.11. The average Bonchev–Trinajstić information content (AvgIpc) is 3.08. The molecule has 0 spiro atoms. The van der Waals surface area contributed by atoms with E-state index in [-0.39, 0.29) is 48.3 Å². The average molecular weight is 638 g/mol. The Morgan fingerprint density at radius 2 is 1.43 bits per heavy atom. The molecule has 3 heterocycles. The number of alkyl halides is 3. The predicted molar refractivity (Wildman–Crippen MR) is 165 cm³/mol. The summed E-state index contributed by atoms with van der Waals surface area (Å²) in [6.07, 6.45) is -2.13. The summed E-state index contributed by atoms with van der Waals surface area (Å²) in [5, 5.41) is 0. The standard InChI is InChI=1S/C35H38F3N3O5/c1-45-28-8-3-23(4-9-28)21-40-16-13-26(30(22-40)35(36,37)38)19-32(42)27-7-12-31(39-20-27)34(44)41-17-14-25(15-18-41)33(43)24-5-10-29(46-2)11-6-24/h3-12,20,25-26,30H,13-19,21-22H2,1-2H3/t26?,30-/m0/s1. The lowest BCUT2D eigenvalue weighted by Crippen LogP contribution is -2.47. The lowest BCUT2D eigenvalue weighted by atomic mass is 9.80. The van der Waals surface area contributed by atoms with E-state index in [9.17, 15) is 27.6 Å². The number of piperidine rings is 2. The van der Waals surface area contributed by atoms with Crippen LogP contribution in [0, 0.1) is 17.8 Å². The quantitative estimate of drug-likeness (QED) is 0.248. The van der Waals surface area contributed by atoms with Crippen LogP contribution in [0.5, 0.6) is 11.5 Å². The van der Waals surface area contributed by atoms with Gasteiger partial charge in [0.05, 0.1) is 20.1 Å². The van der Waals surface area contributed by atoms with Crippen molar-refractivity contribution in [3.8, 4) is 11.5 Å². The number of halogens is 3. The third-order valence-electron chi connectivity index (χ3n) is 9.11. The molecule has 0 aliphatic carbocycles. The highest BCUT2D eigenvalue weighted by atomic mass is 19.4. The number of carbonyl (C=O) groups excluding carboxylic acids is 3. The van der Waals surface area contributed by atoms with Crippen LogP contribution in [0.15, 0.2) is 66.9 Å². The highest BCUT2D eigenvalue weighted by molar-refractivity contribution is 5.99. The summed E-state index contributed by atoms with van der Waals surface area (Å²) in [6.45, 7) is 1.44. The summed E-state index contributed by atoms with van der Waals surface area (Å²) in [4.78, 5) is 46.7. The Morgan fingerprint density at radius 1 is 0.826 bits per heavy atom. The number of ether oxygens (including phenoxy) is 2. The predicted octanol–water partition coefficient (Wildman–Crippen LogP) is 6.11. The molecule has 5 rings (SSSR count). The molecule has 0 bridgehead atoms. The summed E-state index contributed by atoms with van der Waals surface area (Å²) in [6, 6.07) is 17.1. The first kappa shape index (κ1) is 33.1. The number of ketones is 2. The SMILES string of the molecule is COc1ccc(CN2CCC(CC(=O)c3ccc(C(=O)N4CCC(C(=O)c5ccc(OC)cc5)CC4)nc3)[C@@H](C(F)(F)F)C2)cc1. The maximum Gasteiger partial charge on any atom is 0.393 e. The third kappa shape index (κ3) is 7.93. The Bertz CT molecular complexity index is 1500. The number of aromatic nitrogens is 1. The summed E-state index contributed by atoms with van der Waals surface area (Å²) < 4.78 is 52.7. The van der Waals surface area contributed by atoms with Gasteiger partial charge >= 0.3 is 6.18 Å². The molecule has 0 radical (unpaired) electrons. The largest absolute Gasteiger partial charge is 0.497 e. The van der Waals surface area contributed by atoms with Crippen LogP contribution in [0.4, 0.5) is 13.2 Å². The van der Waals surface area contributed by atoms with E-state index in [1.165, 1.54) is 18.3 Å². The van der Waals surface area contributed by atoms with Crippen LogP contribution >= 0.6 is 0 Å². The molecular formula is C35H38F3N3O5. The molecule has 2 aliphatic rings. The summed E-state index contributed by atoms with van der Waals surface area (Å²) in [5.74, 6) is -2.01. The normalized spacial score (nSPS) is 19.5. The molecule has 11 heteroatoms. The highest BCUT2D eigenvalue weighted by Gasteiger charge is 2.47. The first-order valence-electron chi connectivity index (χ1n) is 15.4. The number of pyridine rings is 1. The van der Waals surface area contributed by atoms with Gasteiger partial charge in [0.2, 0.25) is 0 Å². The second kappa shape index (κ2) is 14.5. The fourth-order valence-corrected chi connectivity index (χ4v) is 6.36. The van der Waals surface area contributed by atoms with Crippen LogP contribution in [0.3, 0.4) is 0 Å². The van der Waals surface area contributed by atoms with Gasteiger partial charge in [0.15, 0.2) is 11.6 Å². The fourth-order valence-electron chi connectivity index (χ4n) is 6.36. The van der Waals surface area contributed by atoms with Gasteiger partial charge in [-0.3, -0.25) is 24.3 Å². The van der Waals surface area contributed by atoms with E-state index in [4.69, 9.17) is 9.47 Å². The van der Waals surface area contributed by atoms with Gasteiger partial charge in [-0.2, -0.15) is 13.2 Å². The first-order valence-corrected chi connectivity index (χ1v) is 15.4. The van der Waals surface area contributed by atoms with E-state index in [2.05, 4.69) is 4.98 Å². The van der Waals surface area contributed by atoms with Crippen molar-refractivity contribution in [3.05, 3.63) is 89.2 Å². The van der Waals surface area contributed by atoms with Crippen LogP contribution in [-0.4, -0.2) is 78.8 Å². The molecular weight excluding hydrogens is 599 g/mol. The molecule has 244 valence electrons. The van der Waals surface area contributed by atoms with Gasteiger partial charge in [-0.05, 0) is 85.8 Å². The van der Waals surface area contributed by atoms with Crippen molar-refractivity contribution in [2.75, 3.05) is 40.4 Å². The number of Topliss-reactive ketones (excluding diaryl/α,β-unsaturated/α-hetero) is 2. The van der Waals surface area contributed by atoms with E-state index in [0.29, 0.717) is 56.1 Å². The molecule has 2 aliphatic heterocycles. The number of amides is 1. The Labute approximate surface area is 266 Å². The summed E-state index contributed by atoms with van der Waals surface area (Å²) in [5.41, 5.74) is 1.83. The number of rotatable bonds is 10. The van der Waals surface area contributed by atoms with Crippen molar-refractivity contribution in [2.45, 2.75) is 38.4 Å². The molecule has 1 unspecified atom stereocenters. The number of likely N-dealkylation sites (tertiary alicyclic amines) is 2. The Kier molecular flexibility index (Phi) is 10.4. The van der Waals surface area contributed by atoms with Crippen LogP contribution in [-0.2, 0) is 6.54 Å². The van der Waals surface area contributed by atoms with E-state index < -0.39 is 23.8 Å². The lowest BCUT2D eigenvalue weighted by molar-refractivity contribution is -0.201. The van der Waals surface area contributed by atoms with Crippen molar-refractivity contribution in [2.24, 2.45) is 17.8 Å². The minimum atomic E-state index is -4.44. The smallest absolute Gasteiger partial charge is 0.393 e. The molecule has 1 amide bonds. The van der Waals surface area contributed by atoms with Crippen LogP contribution in [0.2, 0.25) is 0 Å². The minimum Gasteiger partial charge on any atom is -0.497 e. The minimum absolute atomic E-state index is 0.0337. The second-order valence-corrected chi connectivity index (χ2v) is 12.0. The number of hydrogen-bond donors (Lipinski definition) is 0. The Balaban J connectivity index is 1.14. The molecule has 0 saturated carbocycles. The topological polar surface area (TPSA) is 89.0 Å². The van der Waals surface area contributed by atoms with Gasteiger partial charge in [0, 0.05) is 55.8 Å². The number of nitrogens with zero attached hydrogens (tertiary/aromatic N) is 3. The lowest BCUT2D eigenvalue weighted by Gasteiger charge is -2.39. The van der Waals surface area contributed by atoms with Crippen molar-refractivity contribution in [1.82, 2.24) is 14.8 Å². The Hall–Kier alpha value is -4.25. The van der Waals surface area contributed by atoms with Gasteiger partial charge < -0.3 is 14.4 Å². The van der Waals surface area contributed by atoms with Crippen molar-refractivity contribution >= 4 is 17.5 Å². The number of benzene rings is 2. The van der Waals surface area contributed by atoms with Gasteiger partial charge in [0.25, 0.3) is 5.91 Å². The van der Waals surface area contributed by atoms with Gasteiger partial charge in [-0.25, -0.2) is 0 Å². The fraction of sp³-hybridized carbons (Fsp3) is 0.429. The van der Waals surface area contributed by atoms with Gasteiger partial charge in [0.1, 0.15) is 17.2 Å². The zero-order valence-corrected chi connectivity index (χ0v) is 26.0. The number of methoxy groups -OCH3 is 2. The van der Waals surface area contributed by atoms with Crippen LogP contribution < -0.4 is 9.47 Å². The van der Waals surface area contributed by atoms with E-state index in [0.717, 1.165) is 5.56 Å². The van der Waals surface area contributed by atoms with Crippen LogP contribution in [0.1, 0.15) is 62.5 Å². The van der Waals surface area contributed by atoms with E-state index in [1.54, 1.807) is 60.4 Å². The maximum absolute atomic E-state index is 14.1. The molecule has 2 saturated heterocycles. The molecule has 0 N–H and O–H groups in total. The van der Waals surface area contributed by atoms with Crippen molar-refractivity contribution in [3.63, 3.8) is 0 Å². The Morgan fingerprint density at radius 3 is 2.00 bits per heavy atom. The second-order valence-electron chi connectivity index (χ2n) is 12.0. The first-order chi connectivity index (χ1) is 22.0. The van der Waals surface area contributed by atoms with E-state index >= 15 is 0 Å². The summed E-state index contributed by atoms with van der Waals surface area (Å²) >= 11 is 0. The maximum atomic E-state index is 14.1. The molecule has 2 aromatic carbocycles. The molecule has 46 heavy (non-hydrogen) atoms.